The van der Waals surface area contributed by atoms with Crippen LogP contribution in [0.5, 0.6) is 34.5 Å². The summed E-state index contributed by atoms with van der Waals surface area (Å²) in [6.45, 7) is 42.7. The molecular weight excluding hydrogens is 2160 g/mol. The summed E-state index contributed by atoms with van der Waals surface area (Å²) in [7, 11) is 6.66. The molecule has 3 aliphatic carbocycles. The second-order valence-electron chi connectivity index (χ2n) is 41.7. The van der Waals surface area contributed by atoms with Gasteiger partial charge in [-0.3, -0.25) is 73.1 Å². The Balaban J connectivity index is 0.000000422. The molecule has 21 nitrogen and oxygen atoms in total. The maximum atomic E-state index is 11.5. The van der Waals surface area contributed by atoms with E-state index in [2.05, 4.69) is 179 Å². The van der Waals surface area contributed by atoms with E-state index in [1.54, 1.807) is 18.5 Å². The Kier molecular flexibility index (Phi) is 54.0. The zero-order chi connectivity index (χ0) is 92.6. The molecular formula is C111H164BrCo3N15O6Y3. The smallest absolute Gasteiger partial charge is 0.350 e. The van der Waals surface area contributed by atoms with Gasteiger partial charge in [-0.05, 0) is 229 Å². The topological polar surface area (TPSA) is 224 Å². The van der Waals surface area contributed by atoms with E-state index in [9.17, 15) is 30.6 Å². The summed E-state index contributed by atoms with van der Waals surface area (Å²) in [5, 5.41) is 65.6. The third-order valence-electron chi connectivity index (χ3n) is 28.1. The molecule has 6 aromatic rings. The van der Waals surface area contributed by atoms with Gasteiger partial charge in [-0.25, -0.2) is 0 Å². The molecule has 3 saturated heterocycles. The monoisotopic (exact) mass is 2330 g/mol. The van der Waals surface area contributed by atoms with Gasteiger partial charge in [0.1, 0.15) is 34.5 Å². The first-order chi connectivity index (χ1) is 62.2. The minimum atomic E-state index is -0.0408. The van der Waals surface area contributed by atoms with Gasteiger partial charge < -0.3 is 52.9 Å². The fourth-order valence-electron chi connectivity index (χ4n) is 20.7. The Bertz CT molecular complexity index is 5000. The van der Waals surface area contributed by atoms with Crippen molar-refractivity contribution in [1.82, 2.24) is 29.4 Å². The molecule has 6 N–H and O–H groups in total. The van der Waals surface area contributed by atoms with Crippen molar-refractivity contribution in [3.8, 4) is 34.5 Å². The molecule has 6 atom stereocenters. The summed E-state index contributed by atoms with van der Waals surface area (Å²) in [5.41, 5.74) is 14.3. The molecule has 6 aromatic carbocycles. The maximum absolute atomic E-state index is 11.5. The van der Waals surface area contributed by atoms with Crippen molar-refractivity contribution >= 4 is 71.1 Å². The Morgan fingerprint density at radius 3 is 0.899 bits per heavy atom. The number of para-hydroxylation sites is 1. The summed E-state index contributed by atoms with van der Waals surface area (Å²) in [6, 6.07) is 28.4. The number of phenols is 6. The van der Waals surface area contributed by atoms with Crippen LogP contribution in [0.4, 0.5) is 0 Å². The first kappa shape index (κ1) is 127. The number of fused-ring (bicyclic) bond motifs is 3. The zero-order valence-electron chi connectivity index (χ0n) is 87.1. The molecule has 0 spiro atoms. The Hall–Kier alpha value is -4.74. The molecule has 0 bridgehead atoms. The van der Waals surface area contributed by atoms with Crippen molar-refractivity contribution < 1.29 is 193 Å². The number of hydrogen-bond donors (Lipinski definition) is 6. The molecule has 0 amide bonds. The predicted octanol–water partition coefficient (Wildman–Crippen LogP) is 19.8. The number of rotatable bonds is 24. The van der Waals surface area contributed by atoms with E-state index >= 15 is 0 Å². The van der Waals surface area contributed by atoms with Crippen molar-refractivity contribution in [2.75, 3.05) is 119 Å². The number of halogens is 1. The maximum Gasteiger partial charge on any atom is 0.350 e. The number of aliphatic imine (C=N–C) groups is 6. The van der Waals surface area contributed by atoms with E-state index < -0.39 is 0 Å². The van der Waals surface area contributed by atoms with Crippen LogP contribution in [-0.2, 0) is 184 Å². The van der Waals surface area contributed by atoms with Crippen LogP contribution in [0.25, 0.3) is 0 Å². The summed E-state index contributed by atoms with van der Waals surface area (Å²) < 4.78 is 7.93. The minimum Gasteiger partial charge on any atom is -0.507 e. The van der Waals surface area contributed by atoms with E-state index in [-0.39, 0.29) is 235 Å². The van der Waals surface area contributed by atoms with Gasteiger partial charge in [0.25, 0.3) is 0 Å². The summed E-state index contributed by atoms with van der Waals surface area (Å²) >= 11 is 3.44. The van der Waals surface area contributed by atoms with Crippen LogP contribution in [0.3, 0.4) is 0 Å². The standard InChI is InChI=1S/C37H53N5O2.C36H50BrN5O2.C35H49N5O2.3CH3.3Co.3Y/c1-26-20-27(2)34(43)29(21-26)24-38-32-13-7-8-14-33(32)39-25-30-23-31(37(3,4)5)22-28(35(30)44)12-9-16-41-18-11-19-42-17-10-15-40(6)36(41)42;1-25-19-27(34(44)30(37)20-25)23-38-31-12-6-7-13-32(31)39-24-28-22-29(36(2,3)4)21-26(33(28)43)11-8-15-41-17-10-18-42-16-9-14-40(5)35(41)42;1-35(2,3)29-22-26(13-9-18-39-20-11-21-40-19-10-17-38(4)34(39)40)33(42)28(23-29)25-37-31-15-7-6-14-30(31)36-24-27-12-5-8-16-32(27)41;;;;;;;;;/h20-25,32-33H,7-19H2,1-6H3,(H-,38,39,43,44);19-24,31-32H,6-18H2,1-5H3,(H-,38,39,43,44);5,8,12,16,22-25,30-31H,6-7,9-11,13-15,17-21H2,1-4H3,(H-,36,37,41,42);3*1H3;;;;;;/q;;;3*-1;;;;;;/p+3. The average molecular weight is 2330 g/mol. The molecule has 6 aliphatic heterocycles. The van der Waals surface area contributed by atoms with Gasteiger partial charge in [0.15, 0.2) is 0 Å². The quantitative estimate of drug-likeness (QED) is 0.0189. The first-order valence-electron chi connectivity index (χ1n) is 49.3. The van der Waals surface area contributed by atoms with Crippen LogP contribution in [0.1, 0.15) is 281 Å². The Morgan fingerprint density at radius 1 is 0.338 bits per heavy atom. The van der Waals surface area contributed by atoms with E-state index in [0.717, 1.165) is 281 Å². The van der Waals surface area contributed by atoms with Gasteiger partial charge in [-0.2, -0.15) is 0 Å². The van der Waals surface area contributed by atoms with E-state index in [1.807, 2.05) is 88.1 Å². The largest absolute Gasteiger partial charge is 0.507 e. The summed E-state index contributed by atoms with van der Waals surface area (Å²) in [6.07, 6.45) is 36.5. The third kappa shape index (κ3) is 34.7. The summed E-state index contributed by atoms with van der Waals surface area (Å²) in [4.78, 5) is 45.1. The minimum absolute atomic E-state index is 0. The van der Waals surface area contributed by atoms with Crippen molar-refractivity contribution in [3.63, 3.8) is 0 Å². The molecule has 3 saturated carbocycles. The zero-order valence-corrected chi connectivity index (χ0v) is 100. The SMILES string of the molecule is C[N+]1=C2N(CCCc3cc(C(C)(C)C)cc(C=NC4CCCCC4N=Cc4ccccc4O)c3O)CCCN2CCC1.Cc1cc(Br)c(O)c(C=NC2CCCCC2N=Cc2cc(C(C)(C)C)cc(CCCN3CCCN4CCC[N+](C)=C34)c2O)c1.Cc1cc(C)c(O)c(C=NC2CCCCC2N=Cc2cc(C(C)(C)C)cc(CCCN3CCCN4CCC[N+](C)=C34)c2O)c1.[CH3-].[CH3-].[CH3-].[Co].[Co].[Co].[Y].[Y].[Y]. The number of aromatic hydroxyl groups is 6. The number of benzene rings is 6. The van der Waals surface area contributed by atoms with Gasteiger partial charge >= 0.3 is 17.9 Å². The van der Waals surface area contributed by atoms with Gasteiger partial charge in [0.2, 0.25) is 0 Å². The molecule has 28 heteroatoms. The molecule has 9 aliphatic rings. The summed E-state index contributed by atoms with van der Waals surface area (Å²) in [5.74, 6) is 6.01. The number of hydrogen-bond acceptors (Lipinski definition) is 18. The van der Waals surface area contributed by atoms with Gasteiger partial charge in [0.05, 0.1) is 160 Å². The molecule has 6 unspecified atom stereocenters. The van der Waals surface area contributed by atoms with Crippen molar-refractivity contribution in [2.24, 2.45) is 30.0 Å². The number of nitrogens with zero attached hydrogens (tertiary/aromatic N) is 15. The van der Waals surface area contributed by atoms with Crippen LogP contribution in [-0.4, -0.2) is 284 Å². The number of phenolic OH excluding ortho intramolecular Hbond substituents is 6. The molecule has 762 valence electrons. The van der Waals surface area contributed by atoms with Gasteiger partial charge in [-0.1, -0.05) is 137 Å². The predicted molar refractivity (Wildman–Crippen MR) is 560 cm³/mol. The van der Waals surface area contributed by atoms with Crippen LogP contribution >= 0.6 is 15.9 Å². The van der Waals surface area contributed by atoms with Crippen LogP contribution < -0.4 is 0 Å². The van der Waals surface area contributed by atoms with Crippen LogP contribution in [0.15, 0.2) is 119 Å². The van der Waals surface area contributed by atoms with E-state index in [1.165, 1.54) is 73.1 Å². The fourth-order valence-corrected chi connectivity index (χ4v) is 21.3. The fraction of sp³-hybridized carbons (Fsp3) is 0.568. The third-order valence-corrected chi connectivity index (χ3v) is 28.7. The first-order valence-corrected chi connectivity index (χ1v) is 50.1. The van der Waals surface area contributed by atoms with Crippen molar-refractivity contribution in [1.29, 1.82) is 0 Å². The number of aryl methyl sites for hydroxylation is 6. The van der Waals surface area contributed by atoms with Gasteiger partial charge in [0, 0.05) is 258 Å². The second-order valence-corrected chi connectivity index (χ2v) is 42.5. The Morgan fingerprint density at radius 2 is 0.604 bits per heavy atom. The number of guanidine groups is 3. The van der Waals surface area contributed by atoms with E-state index in [4.69, 9.17) is 30.0 Å². The van der Waals surface area contributed by atoms with Crippen molar-refractivity contribution in [2.45, 2.75) is 290 Å². The molecule has 139 heavy (non-hydrogen) atoms. The van der Waals surface area contributed by atoms with Gasteiger partial charge in [-0.15, -0.1) is 0 Å². The van der Waals surface area contributed by atoms with Crippen LogP contribution in [0.2, 0.25) is 0 Å². The molecule has 6 fully saturated rings. The van der Waals surface area contributed by atoms with Crippen molar-refractivity contribution in [3.05, 3.63) is 195 Å². The average Bonchev–Trinajstić information content (AvgIpc) is 0.794. The molecule has 6 heterocycles. The van der Waals surface area contributed by atoms with E-state index in [0.29, 0.717) is 27.5 Å². The molecule has 6 radical (unpaired) electrons. The van der Waals surface area contributed by atoms with Crippen LogP contribution in [0, 0.1) is 43.1 Å². The normalized spacial score (nSPS) is 20.2. The molecule has 0 aromatic heterocycles. The second kappa shape index (κ2) is 59.3. The molecule has 15 rings (SSSR count). The Labute approximate surface area is 951 Å².